The molecule has 21 heavy (non-hydrogen) atoms. The molecule has 5 heteroatoms. The van der Waals surface area contributed by atoms with E-state index in [1.165, 1.54) is 0 Å². The third-order valence-corrected chi connectivity index (χ3v) is 4.22. The molecule has 0 saturated carbocycles. The molecule has 0 bridgehead atoms. The van der Waals surface area contributed by atoms with Crippen molar-refractivity contribution < 1.29 is 4.74 Å². The van der Waals surface area contributed by atoms with Gasteiger partial charge in [-0.2, -0.15) is 0 Å². The lowest BCUT2D eigenvalue weighted by molar-refractivity contribution is 0.418. The molecular formula is C16H17N3OS. The van der Waals surface area contributed by atoms with Crippen molar-refractivity contribution >= 4 is 28.1 Å². The number of benzene rings is 1. The van der Waals surface area contributed by atoms with Crippen LogP contribution in [0.15, 0.2) is 29.6 Å². The molecule has 0 unspecified atom stereocenters. The van der Waals surface area contributed by atoms with E-state index in [2.05, 4.69) is 31.3 Å². The molecule has 1 aromatic carbocycles. The SMILES string of the molecule is CCNc1nc(-c2sccc2OC)nc2c(C)cccc12. The van der Waals surface area contributed by atoms with Crippen LogP contribution in [0.25, 0.3) is 21.6 Å². The second-order valence-electron chi connectivity index (χ2n) is 4.72. The van der Waals surface area contributed by atoms with E-state index in [1.54, 1.807) is 18.4 Å². The van der Waals surface area contributed by atoms with Gasteiger partial charge in [-0.25, -0.2) is 9.97 Å². The Morgan fingerprint density at radius 3 is 2.86 bits per heavy atom. The van der Waals surface area contributed by atoms with Gasteiger partial charge in [0.2, 0.25) is 0 Å². The molecule has 0 aliphatic rings. The Bertz CT molecular complexity index is 782. The molecule has 1 N–H and O–H groups in total. The Morgan fingerprint density at radius 2 is 2.10 bits per heavy atom. The fourth-order valence-electron chi connectivity index (χ4n) is 2.32. The van der Waals surface area contributed by atoms with Crippen LogP contribution in [0.1, 0.15) is 12.5 Å². The molecule has 0 saturated heterocycles. The Kier molecular flexibility index (Phi) is 3.75. The van der Waals surface area contributed by atoms with Crippen LogP contribution in [0.4, 0.5) is 5.82 Å². The number of nitrogens with one attached hydrogen (secondary N) is 1. The number of hydrogen-bond acceptors (Lipinski definition) is 5. The minimum atomic E-state index is 0.708. The van der Waals surface area contributed by atoms with E-state index < -0.39 is 0 Å². The van der Waals surface area contributed by atoms with Gasteiger partial charge < -0.3 is 10.1 Å². The molecule has 0 spiro atoms. The molecule has 0 aliphatic carbocycles. The van der Waals surface area contributed by atoms with Crippen LogP contribution in [-0.2, 0) is 0 Å². The molecule has 2 aromatic heterocycles. The number of rotatable bonds is 4. The summed E-state index contributed by atoms with van der Waals surface area (Å²) in [7, 11) is 1.67. The second kappa shape index (κ2) is 5.69. The van der Waals surface area contributed by atoms with Gasteiger partial charge in [-0.1, -0.05) is 12.1 Å². The molecule has 3 aromatic rings. The van der Waals surface area contributed by atoms with Crippen LogP contribution in [0.3, 0.4) is 0 Å². The van der Waals surface area contributed by atoms with E-state index in [1.807, 2.05) is 17.5 Å². The molecule has 0 atom stereocenters. The molecule has 3 rings (SSSR count). The number of anilines is 1. The number of aromatic nitrogens is 2. The Hall–Kier alpha value is -2.14. The summed E-state index contributed by atoms with van der Waals surface area (Å²) in [5, 5.41) is 6.37. The second-order valence-corrected chi connectivity index (χ2v) is 5.63. The van der Waals surface area contributed by atoms with E-state index >= 15 is 0 Å². The highest BCUT2D eigenvalue weighted by molar-refractivity contribution is 7.13. The normalized spacial score (nSPS) is 10.8. The van der Waals surface area contributed by atoms with E-state index in [0.29, 0.717) is 5.82 Å². The molecule has 2 heterocycles. The van der Waals surface area contributed by atoms with Gasteiger partial charge in [0.05, 0.1) is 12.6 Å². The van der Waals surface area contributed by atoms with Crippen molar-refractivity contribution in [2.75, 3.05) is 19.0 Å². The summed E-state index contributed by atoms with van der Waals surface area (Å²) < 4.78 is 5.39. The highest BCUT2D eigenvalue weighted by atomic mass is 32.1. The number of methoxy groups -OCH3 is 1. The lowest BCUT2D eigenvalue weighted by Gasteiger charge is -2.11. The number of fused-ring (bicyclic) bond motifs is 1. The van der Waals surface area contributed by atoms with E-state index in [9.17, 15) is 0 Å². The molecule has 4 nitrogen and oxygen atoms in total. The van der Waals surface area contributed by atoms with Gasteiger partial charge >= 0.3 is 0 Å². The summed E-state index contributed by atoms with van der Waals surface area (Å²) >= 11 is 1.59. The van der Waals surface area contributed by atoms with E-state index in [4.69, 9.17) is 14.7 Å². The predicted octanol–water partition coefficient (Wildman–Crippen LogP) is 4.11. The first-order chi connectivity index (χ1) is 10.2. The maximum absolute atomic E-state index is 5.39. The lowest BCUT2D eigenvalue weighted by Crippen LogP contribution is -2.03. The number of nitrogens with zero attached hydrogens (tertiary/aromatic N) is 2. The van der Waals surface area contributed by atoms with Gasteiger partial charge in [0, 0.05) is 11.9 Å². The summed E-state index contributed by atoms with van der Waals surface area (Å²) in [5.41, 5.74) is 2.12. The van der Waals surface area contributed by atoms with Crippen LogP contribution in [-0.4, -0.2) is 23.6 Å². The van der Waals surface area contributed by atoms with Gasteiger partial charge in [-0.05, 0) is 36.9 Å². The van der Waals surface area contributed by atoms with Gasteiger partial charge in [-0.15, -0.1) is 11.3 Å². The summed E-state index contributed by atoms with van der Waals surface area (Å²) in [6.07, 6.45) is 0. The first-order valence-electron chi connectivity index (χ1n) is 6.87. The van der Waals surface area contributed by atoms with Crippen molar-refractivity contribution in [2.45, 2.75) is 13.8 Å². The standard InChI is InChI=1S/C16H17N3OS/c1-4-17-15-11-7-5-6-10(2)13(11)18-16(19-15)14-12(20-3)8-9-21-14/h5-9H,4H2,1-3H3,(H,17,18,19). The third-order valence-electron chi connectivity index (χ3n) is 3.32. The zero-order valence-electron chi connectivity index (χ0n) is 12.3. The van der Waals surface area contributed by atoms with Crippen molar-refractivity contribution in [3.8, 4) is 16.5 Å². The predicted molar refractivity (Wildman–Crippen MR) is 88.3 cm³/mol. The van der Waals surface area contributed by atoms with Gasteiger partial charge in [0.1, 0.15) is 16.4 Å². The molecule has 0 aliphatic heterocycles. The summed E-state index contributed by atoms with van der Waals surface area (Å²) in [4.78, 5) is 10.4. The molecule has 0 amide bonds. The van der Waals surface area contributed by atoms with E-state index in [-0.39, 0.29) is 0 Å². The fraction of sp³-hybridized carbons (Fsp3) is 0.250. The highest BCUT2D eigenvalue weighted by Gasteiger charge is 2.14. The Morgan fingerprint density at radius 1 is 1.24 bits per heavy atom. The lowest BCUT2D eigenvalue weighted by atomic mass is 10.1. The number of ether oxygens (including phenoxy) is 1. The van der Waals surface area contributed by atoms with Crippen LogP contribution in [0, 0.1) is 6.92 Å². The van der Waals surface area contributed by atoms with Gasteiger partial charge in [0.15, 0.2) is 5.82 Å². The maximum Gasteiger partial charge on any atom is 0.176 e. The molecule has 108 valence electrons. The van der Waals surface area contributed by atoms with Crippen LogP contribution in [0.2, 0.25) is 0 Å². The van der Waals surface area contributed by atoms with Crippen LogP contribution < -0.4 is 10.1 Å². The van der Waals surface area contributed by atoms with Crippen LogP contribution >= 0.6 is 11.3 Å². The average Bonchev–Trinajstić information content (AvgIpc) is 2.97. The summed E-state index contributed by atoms with van der Waals surface area (Å²) in [6, 6.07) is 8.10. The summed E-state index contributed by atoms with van der Waals surface area (Å²) in [6.45, 7) is 4.96. The maximum atomic E-state index is 5.39. The van der Waals surface area contributed by atoms with E-state index in [0.717, 1.165) is 39.5 Å². The average molecular weight is 299 g/mol. The molecular weight excluding hydrogens is 282 g/mol. The minimum Gasteiger partial charge on any atom is -0.495 e. The minimum absolute atomic E-state index is 0.708. The quantitative estimate of drug-likeness (QED) is 0.787. The Labute approximate surface area is 127 Å². The topological polar surface area (TPSA) is 47.0 Å². The van der Waals surface area contributed by atoms with Crippen molar-refractivity contribution in [3.05, 3.63) is 35.2 Å². The van der Waals surface area contributed by atoms with Crippen molar-refractivity contribution in [1.29, 1.82) is 0 Å². The zero-order chi connectivity index (χ0) is 14.8. The van der Waals surface area contributed by atoms with Crippen molar-refractivity contribution in [1.82, 2.24) is 9.97 Å². The van der Waals surface area contributed by atoms with Gasteiger partial charge in [-0.3, -0.25) is 0 Å². The molecule has 0 radical (unpaired) electrons. The Balaban J connectivity index is 2.27. The first-order valence-corrected chi connectivity index (χ1v) is 7.75. The highest BCUT2D eigenvalue weighted by Crippen LogP contribution is 2.35. The van der Waals surface area contributed by atoms with Gasteiger partial charge in [0.25, 0.3) is 0 Å². The zero-order valence-corrected chi connectivity index (χ0v) is 13.1. The monoisotopic (exact) mass is 299 g/mol. The van der Waals surface area contributed by atoms with Crippen molar-refractivity contribution in [2.24, 2.45) is 0 Å². The molecule has 0 fully saturated rings. The smallest absolute Gasteiger partial charge is 0.176 e. The fourth-order valence-corrected chi connectivity index (χ4v) is 3.11. The number of hydrogen-bond donors (Lipinski definition) is 1. The first kappa shape index (κ1) is 13.8. The number of aryl methyl sites for hydroxylation is 1. The third kappa shape index (κ3) is 2.45. The largest absolute Gasteiger partial charge is 0.495 e. The number of thiophene rings is 1. The number of para-hydroxylation sites is 1. The van der Waals surface area contributed by atoms with Crippen LogP contribution in [0.5, 0.6) is 5.75 Å². The van der Waals surface area contributed by atoms with Crippen molar-refractivity contribution in [3.63, 3.8) is 0 Å². The summed E-state index contributed by atoms with van der Waals surface area (Å²) in [5.74, 6) is 2.40.